The number of nitrogens with one attached hydrogen (secondary N) is 1. The number of piperazine rings is 1. The molecular weight excluding hydrogens is 341 g/mol. The topological polar surface area (TPSA) is 15.3 Å². The van der Waals surface area contributed by atoms with Crippen LogP contribution >= 0.6 is 36.4 Å². The molecule has 0 spiro atoms. The van der Waals surface area contributed by atoms with Crippen LogP contribution in [0.4, 0.5) is 8.78 Å². The number of halogens is 5. The second kappa shape index (κ2) is 9.80. The maximum atomic E-state index is 14.1. The van der Waals surface area contributed by atoms with Gasteiger partial charge in [-0.25, -0.2) is 8.78 Å². The molecule has 21 heavy (non-hydrogen) atoms. The zero-order valence-corrected chi connectivity index (χ0v) is 14.3. The summed E-state index contributed by atoms with van der Waals surface area (Å²) in [6.45, 7) is 5.37. The van der Waals surface area contributed by atoms with Crippen molar-refractivity contribution in [3.63, 3.8) is 0 Å². The third kappa shape index (κ3) is 5.22. The van der Waals surface area contributed by atoms with Crippen LogP contribution in [0.1, 0.15) is 31.4 Å². The molecule has 0 radical (unpaired) electrons. The first-order chi connectivity index (χ1) is 9.13. The van der Waals surface area contributed by atoms with Crippen molar-refractivity contribution >= 4 is 36.4 Å². The molecule has 1 saturated heterocycles. The average Bonchev–Trinajstić information content (AvgIpc) is 2.37. The molecule has 1 aromatic carbocycles. The van der Waals surface area contributed by atoms with E-state index < -0.39 is 11.6 Å². The fourth-order valence-corrected chi connectivity index (χ4v) is 2.84. The van der Waals surface area contributed by atoms with E-state index in [0.717, 1.165) is 39.0 Å². The lowest BCUT2D eigenvalue weighted by Crippen LogP contribution is -2.45. The van der Waals surface area contributed by atoms with Gasteiger partial charge in [0.05, 0.1) is 0 Å². The molecule has 0 unspecified atom stereocenters. The lowest BCUT2D eigenvalue weighted by molar-refractivity contribution is 0.158. The maximum Gasteiger partial charge on any atom is 0.132 e. The summed E-state index contributed by atoms with van der Waals surface area (Å²) in [5.41, 5.74) is 0.160. The fraction of sp³-hybridized carbons (Fsp3) is 0.571. The summed E-state index contributed by atoms with van der Waals surface area (Å²) < 4.78 is 28.1. The molecule has 1 aliphatic rings. The third-order valence-electron chi connectivity index (χ3n) is 3.53. The summed E-state index contributed by atoms with van der Waals surface area (Å²) in [5.74, 6) is -1.08. The van der Waals surface area contributed by atoms with Gasteiger partial charge in [0.1, 0.15) is 11.6 Å². The van der Waals surface area contributed by atoms with Gasteiger partial charge >= 0.3 is 0 Å². The van der Waals surface area contributed by atoms with Crippen LogP contribution in [0, 0.1) is 11.6 Å². The quantitative estimate of drug-likeness (QED) is 0.864. The Morgan fingerprint density at radius 1 is 1.19 bits per heavy atom. The van der Waals surface area contributed by atoms with Gasteiger partial charge < -0.3 is 5.32 Å². The highest BCUT2D eigenvalue weighted by Gasteiger charge is 2.27. The van der Waals surface area contributed by atoms with Crippen molar-refractivity contribution in [3.05, 3.63) is 34.4 Å². The molecule has 1 aromatic rings. The molecule has 0 aliphatic carbocycles. The summed E-state index contributed by atoms with van der Waals surface area (Å²) in [6.07, 6.45) is 1.63. The van der Waals surface area contributed by atoms with Gasteiger partial charge in [-0.3, -0.25) is 4.90 Å². The van der Waals surface area contributed by atoms with E-state index in [4.69, 9.17) is 11.6 Å². The minimum absolute atomic E-state index is 0. The van der Waals surface area contributed by atoms with Crippen LogP contribution in [0.5, 0.6) is 0 Å². The number of hydrogen-bond donors (Lipinski definition) is 1. The SMILES string of the molecule is CCC[C@@H](c1c(F)cc(Cl)cc1F)N1CCNCC1.Cl.Cl. The first kappa shape index (κ1) is 20.9. The molecule has 2 nitrogen and oxygen atoms in total. The van der Waals surface area contributed by atoms with Gasteiger partial charge in [-0.05, 0) is 18.6 Å². The zero-order valence-electron chi connectivity index (χ0n) is 11.9. The van der Waals surface area contributed by atoms with Crippen LogP contribution in [0.25, 0.3) is 0 Å². The first-order valence-electron chi connectivity index (χ1n) is 6.72. The van der Waals surface area contributed by atoms with Crippen molar-refractivity contribution in [1.82, 2.24) is 10.2 Å². The summed E-state index contributed by atoms with van der Waals surface area (Å²) in [5, 5.41) is 3.36. The highest BCUT2D eigenvalue weighted by molar-refractivity contribution is 6.30. The predicted octanol–water partition coefficient (Wildman–Crippen LogP) is 4.21. The highest BCUT2D eigenvalue weighted by atomic mass is 35.5. The van der Waals surface area contributed by atoms with E-state index in [2.05, 4.69) is 10.2 Å². The molecule has 1 fully saturated rings. The van der Waals surface area contributed by atoms with E-state index in [1.54, 1.807) is 0 Å². The molecular formula is C14H21Cl3F2N2. The van der Waals surface area contributed by atoms with Crippen molar-refractivity contribution in [2.45, 2.75) is 25.8 Å². The van der Waals surface area contributed by atoms with Crippen molar-refractivity contribution in [2.75, 3.05) is 26.2 Å². The van der Waals surface area contributed by atoms with E-state index >= 15 is 0 Å². The van der Waals surface area contributed by atoms with Crippen LogP contribution in [0.2, 0.25) is 5.02 Å². The van der Waals surface area contributed by atoms with Gasteiger partial charge in [0.15, 0.2) is 0 Å². The van der Waals surface area contributed by atoms with E-state index in [1.807, 2.05) is 6.92 Å². The maximum absolute atomic E-state index is 14.1. The standard InChI is InChI=1S/C14H19ClF2N2.2ClH/c1-2-3-13(19-6-4-18-5-7-19)14-11(16)8-10(15)9-12(14)17;;/h8-9,13,18H,2-7H2,1H3;2*1H/t13-;;/m0../s1. The summed E-state index contributed by atoms with van der Waals surface area (Å²) in [4.78, 5) is 2.15. The minimum atomic E-state index is -0.540. The lowest BCUT2D eigenvalue weighted by Gasteiger charge is -2.35. The fourth-order valence-electron chi connectivity index (χ4n) is 2.65. The monoisotopic (exact) mass is 360 g/mol. The lowest BCUT2D eigenvalue weighted by atomic mass is 9.98. The van der Waals surface area contributed by atoms with Crippen molar-refractivity contribution < 1.29 is 8.78 Å². The van der Waals surface area contributed by atoms with Crippen LogP contribution in [0.15, 0.2) is 12.1 Å². The molecule has 122 valence electrons. The molecule has 0 bridgehead atoms. The van der Waals surface area contributed by atoms with Gasteiger partial charge in [-0.2, -0.15) is 0 Å². The van der Waals surface area contributed by atoms with E-state index in [-0.39, 0.29) is 41.4 Å². The number of hydrogen-bond acceptors (Lipinski definition) is 2. The Hall–Kier alpha value is -0.130. The van der Waals surface area contributed by atoms with Crippen molar-refractivity contribution in [1.29, 1.82) is 0 Å². The normalized spacial score (nSPS) is 16.8. The third-order valence-corrected chi connectivity index (χ3v) is 3.75. The second-order valence-corrected chi connectivity index (χ2v) is 5.31. The van der Waals surface area contributed by atoms with E-state index in [1.165, 1.54) is 12.1 Å². The van der Waals surface area contributed by atoms with Gasteiger partial charge in [0.25, 0.3) is 0 Å². The van der Waals surface area contributed by atoms with Gasteiger partial charge in [0.2, 0.25) is 0 Å². The van der Waals surface area contributed by atoms with Gasteiger partial charge in [-0.1, -0.05) is 24.9 Å². The van der Waals surface area contributed by atoms with E-state index in [0.29, 0.717) is 0 Å². The largest absolute Gasteiger partial charge is 0.314 e. The Morgan fingerprint density at radius 3 is 2.19 bits per heavy atom. The Bertz CT molecular complexity index is 417. The second-order valence-electron chi connectivity index (χ2n) is 4.87. The van der Waals surface area contributed by atoms with Crippen molar-refractivity contribution in [2.24, 2.45) is 0 Å². The molecule has 0 aromatic heterocycles. The number of rotatable bonds is 4. The molecule has 1 heterocycles. The smallest absolute Gasteiger partial charge is 0.132 e. The number of nitrogens with zero attached hydrogens (tertiary/aromatic N) is 1. The average molecular weight is 362 g/mol. The van der Waals surface area contributed by atoms with Crippen molar-refractivity contribution in [3.8, 4) is 0 Å². The Morgan fingerprint density at radius 2 is 1.71 bits per heavy atom. The van der Waals surface area contributed by atoms with Gasteiger partial charge in [-0.15, -0.1) is 24.8 Å². The number of benzene rings is 1. The Kier molecular flexibility index (Phi) is 9.74. The van der Waals surface area contributed by atoms with Crippen LogP contribution < -0.4 is 5.32 Å². The predicted molar refractivity (Wildman–Crippen MR) is 88.0 cm³/mol. The Balaban J connectivity index is 0.00000200. The molecule has 2 rings (SSSR count). The van der Waals surface area contributed by atoms with Crippen LogP contribution in [-0.4, -0.2) is 31.1 Å². The summed E-state index contributed by atoms with van der Waals surface area (Å²) in [7, 11) is 0. The van der Waals surface area contributed by atoms with Gasteiger partial charge in [0, 0.05) is 42.8 Å². The summed E-state index contributed by atoms with van der Waals surface area (Å²) in [6, 6.07) is 2.19. The zero-order chi connectivity index (χ0) is 13.8. The Labute approximate surface area is 142 Å². The minimum Gasteiger partial charge on any atom is -0.314 e. The summed E-state index contributed by atoms with van der Waals surface area (Å²) >= 11 is 5.69. The molecule has 7 heteroatoms. The molecule has 0 amide bonds. The molecule has 1 atom stereocenters. The molecule has 1 aliphatic heterocycles. The highest BCUT2D eigenvalue weighted by Crippen LogP contribution is 2.32. The van der Waals surface area contributed by atoms with E-state index in [9.17, 15) is 8.78 Å². The molecule has 1 N–H and O–H groups in total. The molecule has 0 saturated carbocycles. The van der Waals surface area contributed by atoms with Crippen LogP contribution in [0.3, 0.4) is 0 Å². The first-order valence-corrected chi connectivity index (χ1v) is 7.10. The van der Waals surface area contributed by atoms with Crippen LogP contribution in [-0.2, 0) is 0 Å².